The highest BCUT2D eigenvalue weighted by molar-refractivity contribution is 8.00. The number of nitrogens with two attached hydrogens (primary N) is 1. The Labute approximate surface area is 128 Å². The summed E-state index contributed by atoms with van der Waals surface area (Å²) in [4.78, 5) is 2.57. The van der Waals surface area contributed by atoms with E-state index in [0.717, 1.165) is 13.1 Å². The zero-order chi connectivity index (χ0) is 14.7. The van der Waals surface area contributed by atoms with Crippen molar-refractivity contribution in [3.05, 3.63) is 35.4 Å². The Morgan fingerprint density at radius 2 is 1.60 bits per heavy atom. The van der Waals surface area contributed by atoms with Crippen LogP contribution >= 0.6 is 11.8 Å². The van der Waals surface area contributed by atoms with Gasteiger partial charge in [0.15, 0.2) is 0 Å². The van der Waals surface area contributed by atoms with Crippen LogP contribution in [-0.4, -0.2) is 35.0 Å². The van der Waals surface area contributed by atoms with E-state index in [4.69, 9.17) is 5.73 Å². The van der Waals surface area contributed by atoms with Gasteiger partial charge in [-0.05, 0) is 17.0 Å². The average Bonchev–Trinajstić information content (AvgIpc) is 2.39. The van der Waals surface area contributed by atoms with Crippen molar-refractivity contribution in [3.8, 4) is 0 Å². The second-order valence-electron chi connectivity index (χ2n) is 6.28. The molecule has 1 saturated heterocycles. The van der Waals surface area contributed by atoms with E-state index in [1.165, 1.54) is 11.1 Å². The fraction of sp³-hybridized carbons (Fsp3) is 0.647. The van der Waals surface area contributed by atoms with Crippen LogP contribution in [0.15, 0.2) is 24.3 Å². The van der Waals surface area contributed by atoms with Gasteiger partial charge in [-0.2, -0.15) is 11.8 Å². The molecular weight excluding hydrogens is 264 g/mol. The second kappa shape index (κ2) is 6.97. The summed E-state index contributed by atoms with van der Waals surface area (Å²) in [5, 5.41) is 1.39. The molecule has 0 radical (unpaired) electrons. The maximum absolute atomic E-state index is 6.08. The zero-order valence-corrected chi connectivity index (χ0v) is 14.0. The van der Waals surface area contributed by atoms with Crippen molar-refractivity contribution in [2.24, 2.45) is 5.73 Å². The molecule has 2 nitrogen and oxygen atoms in total. The third-order valence-corrected chi connectivity index (χ3v) is 5.33. The molecule has 3 atom stereocenters. The SMILES string of the molecule is CC1CN(C(CN)c2ccc(C(C)C)cc2)CC(C)S1. The van der Waals surface area contributed by atoms with Crippen molar-refractivity contribution in [3.63, 3.8) is 0 Å². The first-order valence-corrected chi connectivity index (χ1v) is 8.65. The van der Waals surface area contributed by atoms with Crippen molar-refractivity contribution in [2.45, 2.75) is 50.2 Å². The van der Waals surface area contributed by atoms with Crippen LogP contribution in [0.1, 0.15) is 50.8 Å². The lowest BCUT2D eigenvalue weighted by molar-refractivity contribution is 0.199. The summed E-state index contributed by atoms with van der Waals surface area (Å²) in [5.74, 6) is 0.590. The third kappa shape index (κ3) is 3.78. The van der Waals surface area contributed by atoms with Crippen LogP contribution in [0.5, 0.6) is 0 Å². The molecule has 1 aliphatic rings. The topological polar surface area (TPSA) is 29.3 Å². The van der Waals surface area contributed by atoms with Gasteiger partial charge in [-0.3, -0.25) is 4.90 Å². The minimum Gasteiger partial charge on any atom is -0.329 e. The van der Waals surface area contributed by atoms with Gasteiger partial charge < -0.3 is 5.73 Å². The van der Waals surface area contributed by atoms with E-state index >= 15 is 0 Å². The summed E-state index contributed by atoms with van der Waals surface area (Å²) in [7, 11) is 0. The van der Waals surface area contributed by atoms with Crippen LogP contribution < -0.4 is 5.73 Å². The molecule has 0 saturated carbocycles. The van der Waals surface area contributed by atoms with E-state index in [2.05, 4.69) is 68.6 Å². The van der Waals surface area contributed by atoms with Gasteiger partial charge >= 0.3 is 0 Å². The maximum Gasteiger partial charge on any atom is 0.0471 e. The van der Waals surface area contributed by atoms with Crippen molar-refractivity contribution in [1.29, 1.82) is 0 Å². The summed E-state index contributed by atoms with van der Waals surface area (Å²) in [5.41, 5.74) is 8.84. The molecule has 3 unspecified atom stereocenters. The van der Waals surface area contributed by atoms with E-state index in [1.54, 1.807) is 0 Å². The minimum atomic E-state index is 0.363. The number of hydrogen-bond acceptors (Lipinski definition) is 3. The van der Waals surface area contributed by atoms with Crippen molar-refractivity contribution < 1.29 is 0 Å². The predicted molar refractivity (Wildman–Crippen MR) is 90.4 cm³/mol. The molecule has 0 aromatic heterocycles. The Morgan fingerprint density at radius 1 is 1.10 bits per heavy atom. The summed E-state index contributed by atoms with van der Waals surface area (Å²) < 4.78 is 0. The third-order valence-electron chi connectivity index (χ3n) is 4.10. The molecule has 3 heteroatoms. The molecule has 1 heterocycles. The van der Waals surface area contributed by atoms with Crippen molar-refractivity contribution in [1.82, 2.24) is 4.90 Å². The molecule has 112 valence electrons. The molecule has 0 spiro atoms. The molecule has 1 aliphatic heterocycles. The molecule has 2 rings (SSSR count). The van der Waals surface area contributed by atoms with Gasteiger partial charge in [0.25, 0.3) is 0 Å². The lowest BCUT2D eigenvalue weighted by Crippen LogP contribution is -2.44. The fourth-order valence-corrected chi connectivity index (χ4v) is 4.42. The standard InChI is InChI=1S/C17H28N2S/c1-12(2)15-5-7-16(8-6-15)17(9-18)19-10-13(3)20-14(4)11-19/h5-8,12-14,17H,9-11,18H2,1-4H3. The lowest BCUT2D eigenvalue weighted by Gasteiger charge is -2.39. The summed E-state index contributed by atoms with van der Waals surface area (Å²) in [6.07, 6.45) is 0. The zero-order valence-electron chi connectivity index (χ0n) is 13.2. The van der Waals surface area contributed by atoms with Gasteiger partial charge in [-0.25, -0.2) is 0 Å². The second-order valence-corrected chi connectivity index (χ2v) is 8.17. The molecule has 0 bridgehead atoms. The lowest BCUT2D eigenvalue weighted by atomic mass is 9.98. The van der Waals surface area contributed by atoms with Crippen LogP contribution in [0.25, 0.3) is 0 Å². The van der Waals surface area contributed by atoms with Gasteiger partial charge in [0, 0.05) is 36.2 Å². The van der Waals surface area contributed by atoms with E-state index < -0.39 is 0 Å². The average molecular weight is 292 g/mol. The van der Waals surface area contributed by atoms with Gasteiger partial charge in [-0.1, -0.05) is 52.0 Å². The normalized spacial score (nSPS) is 25.9. The van der Waals surface area contributed by atoms with E-state index in [1.807, 2.05) is 0 Å². The maximum atomic E-state index is 6.08. The van der Waals surface area contributed by atoms with Crippen molar-refractivity contribution >= 4 is 11.8 Å². The van der Waals surface area contributed by atoms with Crippen LogP contribution in [0, 0.1) is 0 Å². The highest BCUT2D eigenvalue weighted by atomic mass is 32.2. The van der Waals surface area contributed by atoms with E-state index in [-0.39, 0.29) is 0 Å². The highest BCUT2D eigenvalue weighted by Gasteiger charge is 2.28. The first kappa shape index (κ1) is 15.9. The number of hydrogen-bond donors (Lipinski definition) is 1. The molecule has 1 aromatic carbocycles. The number of rotatable bonds is 4. The quantitative estimate of drug-likeness (QED) is 0.919. The Hall–Kier alpha value is -0.510. The van der Waals surface area contributed by atoms with Crippen LogP contribution in [0.2, 0.25) is 0 Å². The summed E-state index contributed by atoms with van der Waals surface area (Å²) >= 11 is 2.09. The highest BCUT2D eigenvalue weighted by Crippen LogP contribution is 2.31. The Balaban J connectivity index is 2.14. The van der Waals surface area contributed by atoms with Crippen LogP contribution in [0.3, 0.4) is 0 Å². The molecule has 0 aliphatic carbocycles. The molecule has 2 N–H and O–H groups in total. The van der Waals surface area contributed by atoms with Crippen LogP contribution in [0.4, 0.5) is 0 Å². The van der Waals surface area contributed by atoms with E-state index in [9.17, 15) is 0 Å². The Bertz CT molecular complexity index is 406. The number of thioether (sulfide) groups is 1. The summed E-state index contributed by atoms with van der Waals surface area (Å²) in [6.45, 7) is 12.1. The van der Waals surface area contributed by atoms with Gasteiger partial charge in [0.1, 0.15) is 0 Å². The van der Waals surface area contributed by atoms with Crippen molar-refractivity contribution in [2.75, 3.05) is 19.6 Å². The monoisotopic (exact) mass is 292 g/mol. The smallest absolute Gasteiger partial charge is 0.0471 e. The minimum absolute atomic E-state index is 0.363. The first-order chi connectivity index (χ1) is 9.51. The van der Waals surface area contributed by atoms with Gasteiger partial charge in [-0.15, -0.1) is 0 Å². The molecule has 1 aromatic rings. The Morgan fingerprint density at radius 3 is 2.05 bits per heavy atom. The Kier molecular flexibility index (Phi) is 5.53. The molecular formula is C17H28N2S. The molecule has 20 heavy (non-hydrogen) atoms. The number of nitrogens with zero attached hydrogens (tertiary/aromatic N) is 1. The molecule has 1 fully saturated rings. The van der Waals surface area contributed by atoms with Gasteiger partial charge in [0.05, 0.1) is 0 Å². The number of benzene rings is 1. The largest absolute Gasteiger partial charge is 0.329 e. The first-order valence-electron chi connectivity index (χ1n) is 7.70. The van der Waals surface area contributed by atoms with Crippen LogP contribution in [-0.2, 0) is 0 Å². The molecule has 0 amide bonds. The fourth-order valence-electron chi connectivity index (χ4n) is 3.07. The predicted octanol–water partition coefficient (Wildman–Crippen LogP) is 3.64. The summed E-state index contributed by atoms with van der Waals surface area (Å²) in [6, 6.07) is 9.41. The van der Waals surface area contributed by atoms with Gasteiger partial charge in [0.2, 0.25) is 0 Å². The van der Waals surface area contributed by atoms with E-state index in [0.29, 0.717) is 29.0 Å².